The number of carbonyl (C=O) groups excluding carboxylic acids is 2. The van der Waals surface area contributed by atoms with Crippen LogP contribution in [0.4, 0.5) is 0 Å². The van der Waals surface area contributed by atoms with Crippen molar-refractivity contribution in [2.45, 2.75) is 0 Å². The summed E-state index contributed by atoms with van der Waals surface area (Å²) in [6, 6.07) is 0. The average Bonchev–Trinajstić information content (AvgIpc) is 1.38. The van der Waals surface area contributed by atoms with Crippen LogP contribution in [-0.4, -0.2) is 9.78 Å². The van der Waals surface area contributed by atoms with Crippen LogP contribution in [0, 0.1) is 0 Å². The molecule has 0 atom stereocenters. The number of hydrogen-bond donors (Lipinski definition) is 0. The minimum atomic E-state index is -0.336. The second-order valence-corrected chi connectivity index (χ2v) is 1.69. The van der Waals surface area contributed by atoms with E-state index in [1.54, 1.807) is 0 Å². The topological polar surface area (TPSA) is 34.1 Å². The Morgan fingerprint density at radius 1 is 1.80 bits per heavy atom. The van der Waals surface area contributed by atoms with Gasteiger partial charge in [0.1, 0.15) is 0 Å². The molecule has 2 nitrogen and oxygen atoms in total. The summed E-state index contributed by atoms with van der Waals surface area (Å²) in [4.78, 5) is 18.7. The molecule has 0 spiro atoms. The third-order valence-electron chi connectivity index (χ3n) is 0.107. The Balaban J connectivity index is 3.20. The van der Waals surface area contributed by atoms with Crippen molar-refractivity contribution in [2.24, 2.45) is 0 Å². The Morgan fingerprint density at radius 3 is 2.00 bits per heavy atom. The maximum absolute atomic E-state index is 9.48. The van der Waals surface area contributed by atoms with Crippen molar-refractivity contribution < 1.29 is 34.3 Å². The number of aldehydes is 1. The molecule has 0 heterocycles. The van der Waals surface area contributed by atoms with Crippen molar-refractivity contribution in [3.63, 3.8) is 0 Å². The molecule has 3 heteroatoms. The van der Waals surface area contributed by atoms with Gasteiger partial charge in [-0.25, -0.2) is 0 Å². The molecular formula is C2HO2Zr. The molecule has 0 aromatic carbocycles. The van der Waals surface area contributed by atoms with Crippen molar-refractivity contribution in [3.05, 3.63) is 0 Å². The first-order valence-electron chi connectivity index (χ1n) is 0.979. The second kappa shape index (κ2) is 2.46. The molecule has 0 fully saturated rings. The van der Waals surface area contributed by atoms with E-state index in [2.05, 4.69) is 0 Å². The maximum atomic E-state index is 9.48. The molecule has 0 aromatic heterocycles. The van der Waals surface area contributed by atoms with Crippen LogP contribution in [0.2, 0.25) is 0 Å². The molecule has 0 rings (SSSR count). The predicted octanol–water partition coefficient (Wildman–Crippen LogP) is -0.741. The van der Waals surface area contributed by atoms with Crippen LogP contribution in [-0.2, 0) is 34.3 Å². The molecule has 0 aromatic rings. The normalized spacial score (nSPS) is 6.20. The van der Waals surface area contributed by atoms with Crippen molar-refractivity contribution in [3.8, 4) is 0 Å². The second-order valence-electron chi connectivity index (χ2n) is 0.482. The molecule has 0 radical (unpaired) electrons. The van der Waals surface area contributed by atoms with E-state index in [1.807, 2.05) is 0 Å². The van der Waals surface area contributed by atoms with Gasteiger partial charge in [0, 0.05) is 0 Å². The zero-order chi connectivity index (χ0) is 4.28. The Bertz CT molecular complexity index is 58.7. The third kappa shape index (κ3) is 4.22. The summed E-state index contributed by atoms with van der Waals surface area (Å²) < 4.78 is -0.336. The van der Waals surface area contributed by atoms with Gasteiger partial charge in [0.05, 0.1) is 0 Å². The van der Waals surface area contributed by atoms with Crippen LogP contribution >= 0.6 is 0 Å². The van der Waals surface area contributed by atoms with Crippen molar-refractivity contribution in [1.29, 1.82) is 0 Å². The summed E-state index contributed by atoms with van der Waals surface area (Å²) in [5.41, 5.74) is 0. The van der Waals surface area contributed by atoms with Gasteiger partial charge < -0.3 is 0 Å². The van der Waals surface area contributed by atoms with Gasteiger partial charge >= 0.3 is 44.1 Å². The van der Waals surface area contributed by atoms with Crippen molar-refractivity contribution in [2.75, 3.05) is 0 Å². The minimum absolute atomic E-state index is 0.318. The molecule has 0 bridgehead atoms. The fourth-order valence-electron chi connectivity index (χ4n) is 0. The molecule has 0 amide bonds. The van der Waals surface area contributed by atoms with E-state index in [4.69, 9.17) is 0 Å². The average molecular weight is 148 g/mol. The van der Waals surface area contributed by atoms with E-state index in [1.165, 1.54) is 0 Å². The summed E-state index contributed by atoms with van der Waals surface area (Å²) >= 11 is 0.663. The van der Waals surface area contributed by atoms with Gasteiger partial charge in [0.25, 0.3) is 0 Å². The van der Waals surface area contributed by atoms with Crippen molar-refractivity contribution >= 4 is 9.78 Å². The molecule has 0 aliphatic rings. The number of hydrogen-bond acceptors (Lipinski definition) is 2. The molecule has 0 aliphatic carbocycles. The van der Waals surface area contributed by atoms with E-state index in [0.29, 0.717) is 31.0 Å². The molecule has 0 saturated carbocycles. The Labute approximate surface area is 44.4 Å². The predicted molar refractivity (Wildman–Crippen MR) is 11.1 cm³/mol. The molecule has 0 N–H and O–H groups in total. The van der Waals surface area contributed by atoms with Crippen LogP contribution in [0.15, 0.2) is 0 Å². The van der Waals surface area contributed by atoms with Gasteiger partial charge in [-0.2, -0.15) is 0 Å². The van der Waals surface area contributed by atoms with Crippen LogP contribution < -0.4 is 0 Å². The summed E-state index contributed by atoms with van der Waals surface area (Å²) in [5, 5.41) is 0. The van der Waals surface area contributed by atoms with Crippen LogP contribution in [0.1, 0.15) is 0 Å². The first-order valence-corrected chi connectivity index (χ1v) is 2.21. The SMILES string of the molecule is O=C[C](=O)[Zr]. The molecule has 5 heavy (non-hydrogen) atoms. The molecule has 0 unspecified atom stereocenters. The Kier molecular flexibility index (Phi) is 2.57. The summed E-state index contributed by atoms with van der Waals surface area (Å²) in [6.07, 6.45) is 0.318. The van der Waals surface area contributed by atoms with Gasteiger partial charge in [-0.05, 0) is 0 Å². The number of rotatable bonds is 1. The first kappa shape index (κ1) is 5.22. The molecule has 0 aliphatic heterocycles. The standard InChI is InChI=1S/C2HO2.Zr/c3-1-2-4;/h1H;. The third-order valence-corrected chi connectivity index (χ3v) is 0.397. The molecule has 25 valence electrons. The summed E-state index contributed by atoms with van der Waals surface area (Å²) in [7, 11) is 0. The quantitative estimate of drug-likeness (QED) is 0.362. The Morgan fingerprint density at radius 2 is 2.00 bits per heavy atom. The van der Waals surface area contributed by atoms with E-state index in [9.17, 15) is 9.59 Å². The zero-order valence-corrected chi connectivity index (χ0v) is 4.85. The first-order chi connectivity index (χ1) is 2.27. The van der Waals surface area contributed by atoms with Gasteiger partial charge in [-0.1, -0.05) is 0 Å². The van der Waals surface area contributed by atoms with Crippen LogP contribution in [0.25, 0.3) is 0 Å². The van der Waals surface area contributed by atoms with E-state index in [-0.39, 0.29) is 3.49 Å². The van der Waals surface area contributed by atoms with E-state index >= 15 is 0 Å². The van der Waals surface area contributed by atoms with Crippen LogP contribution in [0.5, 0.6) is 0 Å². The monoisotopic (exact) mass is 147 g/mol. The molecular weight excluding hydrogens is 147 g/mol. The fraction of sp³-hybridized carbons (Fsp3) is 0. The zero-order valence-electron chi connectivity index (χ0n) is 2.39. The van der Waals surface area contributed by atoms with E-state index in [0.717, 1.165) is 0 Å². The van der Waals surface area contributed by atoms with Gasteiger partial charge in [-0.3, -0.25) is 0 Å². The van der Waals surface area contributed by atoms with Gasteiger partial charge in [0.2, 0.25) is 0 Å². The summed E-state index contributed by atoms with van der Waals surface area (Å²) in [6.45, 7) is 0. The summed E-state index contributed by atoms with van der Waals surface area (Å²) in [5.74, 6) is 0. The molecule has 0 saturated heterocycles. The van der Waals surface area contributed by atoms with Crippen LogP contribution in [0.3, 0.4) is 0 Å². The fourth-order valence-corrected chi connectivity index (χ4v) is 0. The van der Waals surface area contributed by atoms with Gasteiger partial charge in [0.15, 0.2) is 0 Å². The van der Waals surface area contributed by atoms with E-state index < -0.39 is 0 Å². The Hall–Kier alpha value is 0.223. The van der Waals surface area contributed by atoms with Crippen molar-refractivity contribution in [1.82, 2.24) is 0 Å². The number of carbonyl (C=O) groups is 2. The van der Waals surface area contributed by atoms with Gasteiger partial charge in [-0.15, -0.1) is 0 Å².